The lowest BCUT2D eigenvalue weighted by atomic mass is 9.59. The van der Waals surface area contributed by atoms with Crippen molar-refractivity contribution in [3.63, 3.8) is 0 Å². The topological polar surface area (TPSA) is 51.2 Å². The molecule has 3 atom stereocenters. The highest BCUT2D eigenvalue weighted by Crippen LogP contribution is 2.46. The zero-order chi connectivity index (χ0) is 17.5. The molecule has 0 bridgehead atoms. The molecule has 0 aliphatic heterocycles. The van der Waals surface area contributed by atoms with Gasteiger partial charge in [-0.15, -0.1) is 0 Å². The summed E-state index contributed by atoms with van der Waals surface area (Å²) in [6.45, 7) is 6.51. The molecule has 0 N–H and O–H groups in total. The van der Waals surface area contributed by atoms with E-state index in [-0.39, 0.29) is 22.9 Å². The van der Waals surface area contributed by atoms with E-state index in [0.29, 0.717) is 29.2 Å². The molecule has 1 saturated carbocycles. The first-order valence-electron chi connectivity index (χ1n) is 8.75. The number of hydrogen-bond acceptors (Lipinski definition) is 3. The fourth-order valence-electron chi connectivity index (χ4n) is 4.07. The molecule has 3 unspecified atom stereocenters. The second kappa shape index (κ2) is 6.12. The van der Waals surface area contributed by atoms with Crippen molar-refractivity contribution in [1.82, 2.24) is 0 Å². The summed E-state index contributed by atoms with van der Waals surface area (Å²) in [7, 11) is 0. The normalized spacial score (nSPS) is 29.7. The molecule has 2 aliphatic carbocycles. The van der Waals surface area contributed by atoms with Crippen LogP contribution in [-0.4, -0.2) is 17.3 Å². The first-order chi connectivity index (χ1) is 11.3. The number of hydrogen-bond donors (Lipinski definition) is 0. The van der Waals surface area contributed by atoms with E-state index in [1.54, 1.807) is 6.07 Å². The summed E-state index contributed by atoms with van der Waals surface area (Å²) in [4.78, 5) is 36.0. The maximum atomic E-state index is 12.1. The quantitative estimate of drug-likeness (QED) is 0.837. The average Bonchev–Trinajstić information content (AvgIpc) is 2.58. The van der Waals surface area contributed by atoms with E-state index in [1.807, 2.05) is 12.1 Å². The maximum Gasteiger partial charge on any atom is 0.186 e. The standard InChI is InChI=1S/C21H24O3/c1-13-4-7-18(22)14(2)21(13,3)11-10-15-5-6-16-17(12-15)20(24)9-8-19(16)23/h5-6,8-9,12-14H,4,7,10-11H2,1-3H3. The number of allylic oxidation sites excluding steroid dienone is 2. The van der Waals surface area contributed by atoms with Gasteiger partial charge in [-0.1, -0.05) is 32.9 Å². The Hall–Kier alpha value is -2.03. The number of ketones is 3. The molecular weight excluding hydrogens is 300 g/mol. The van der Waals surface area contributed by atoms with Crippen molar-refractivity contribution in [3.05, 3.63) is 47.0 Å². The largest absolute Gasteiger partial charge is 0.299 e. The summed E-state index contributed by atoms with van der Waals surface area (Å²) in [6, 6.07) is 5.55. The maximum absolute atomic E-state index is 12.1. The second-order valence-corrected chi connectivity index (χ2v) is 7.58. The van der Waals surface area contributed by atoms with Gasteiger partial charge in [0.05, 0.1) is 0 Å². The molecule has 3 rings (SSSR count). The number of carbonyl (C=O) groups excluding carboxylic acids is 3. The van der Waals surface area contributed by atoms with Crippen LogP contribution in [0.4, 0.5) is 0 Å². The van der Waals surface area contributed by atoms with E-state index in [4.69, 9.17) is 0 Å². The zero-order valence-corrected chi connectivity index (χ0v) is 14.6. The van der Waals surface area contributed by atoms with Gasteiger partial charge < -0.3 is 0 Å². The second-order valence-electron chi connectivity index (χ2n) is 7.58. The summed E-state index contributed by atoms with van der Waals surface area (Å²) in [5.41, 5.74) is 2.05. The van der Waals surface area contributed by atoms with Gasteiger partial charge >= 0.3 is 0 Å². The third kappa shape index (κ3) is 2.77. The van der Waals surface area contributed by atoms with E-state index in [1.165, 1.54) is 12.2 Å². The van der Waals surface area contributed by atoms with Crippen LogP contribution in [0.2, 0.25) is 0 Å². The highest BCUT2D eigenvalue weighted by atomic mass is 16.1. The predicted molar refractivity (Wildman–Crippen MR) is 93.2 cm³/mol. The van der Waals surface area contributed by atoms with Gasteiger partial charge in [-0.2, -0.15) is 0 Å². The van der Waals surface area contributed by atoms with Crippen molar-refractivity contribution < 1.29 is 14.4 Å². The molecule has 0 heterocycles. The van der Waals surface area contributed by atoms with Gasteiger partial charge in [0.1, 0.15) is 5.78 Å². The van der Waals surface area contributed by atoms with Crippen molar-refractivity contribution >= 4 is 17.3 Å². The van der Waals surface area contributed by atoms with Gasteiger partial charge in [-0.25, -0.2) is 0 Å². The molecule has 126 valence electrons. The highest BCUT2D eigenvalue weighted by molar-refractivity contribution is 6.22. The van der Waals surface area contributed by atoms with Crippen molar-refractivity contribution in [2.45, 2.75) is 46.5 Å². The minimum absolute atomic E-state index is 0.00896. The molecule has 1 aromatic rings. The van der Waals surface area contributed by atoms with Gasteiger partial charge in [-0.05, 0) is 54.4 Å². The summed E-state index contributed by atoms with van der Waals surface area (Å²) in [6.07, 6.45) is 6.07. The van der Waals surface area contributed by atoms with Crippen LogP contribution in [0.25, 0.3) is 0 Å². The Bertz CT molecular complexity index is 743. The van der Waals surface area contributed by atoms with Crippen molar-refractivity contribution in [2.75, 3.05) is 0 Å². The molecule has 3 nitrogen and oxygen atoms in total. The van der Waals surface area contributed by atoms with E-state index in [2.05, 4.69) is 20.8 Å². The van der Waals surface area contributed by atoms with E-state index in [9.17, 15) is 14.4 Å². The molecule has 0 aromatic heterocycles. The van der Waals surface area contributed by atoms with Gasteiger partial charge in [-0.3, -0.25) is 14.4 Å². The Balaban J connectivity index is 1.80. The van der Waals surface area contributed by atoms with Crippen molar-refractivity contribution in [2.24, 2.45) is 17.3 Å². The molecule has 0 saturated heterocycles. The molecular formula is C21H24O3. The predicted octanol–water partition coefficient (Wildman–Crippen LogP) is 4.20. The Morgan fingerprint density at radius 1 is 1.04 bits per heavy atom. The van der Waals surface area contributed by atoms with E-state index < -0.39 is 0 Å². The van der Waals surface area contributed by atoms with Gasteiger partial charge in [0, 0.05) is 23.5 Å². The van der Waals surface area contributed by atoms with E-state index in [0.717, 1.165) is 24.8 Å². The Kier molecular flexibility index (Phi) is 4.29. The fourth-order valence-corrected chi connectivity index (χ4v) is 4.07. The van der Waals surface area contributed by atoms with Crippen LogP contribution in [-0.2, 0) is 11.2 Å². The minimum Gasteiger partial charge on any atom is -0.299 e. The molecule has 0 radical (unpaired) electrons. The Labute approximate surface area is 143 Å². The third-order valence-electron chi connectivity index (χ3n) is 6.38. The molecule has 0 spiro atoms. The lowest BCUT2D eigenvalue weighted by molar-refractivity contribution is -0.132. The first-order valence-corrected chi connectivity index (χ1v) is 8.75. The summed E-state index contributed by atoms with van der Waals surface area (Å²) < 4.78 is 0. The molecule has 24 heavy (non-hydrogen) atoms. The molecule has 1 fully saturated rings. The lowest BCUT2D eigenvalue weighted by Crippen LogP contribution is -2.41. The van der Waals surface area contributed by atoms with Crippen molar-refractivity contribution in [1.29, 1.82) is 0 Å². The van der Waals surface area contributed by atoms with Gasteiger partial charge in [0.2, 0.25) is 0 Å². The van der Waals surface area contributed by atoms with E-state index >= 15 is 0 Å². The molecule has 1 aromatic carbocycles. The zero-order valence-electron chi connectivity index (χ0n) is 14.6. The number of fused-ring (bicyclic) bond motifs is 1. The third-order valence-corrected chi connectivity index (χ3v) is 6.38. The number of benzene rings is 1. The van der Waals surface area contributed by atoms with Crippen LogP contribution in [0.5, 0.6) is 0 Å². The highest BCUT2D eigenvalue weighted by Gasteiger charge is 2.43. The van der Waals surface area contributed by atoms with Crippen LogP contribution in [0.1, 0.15) is 66.3 Å². The number of aryl methyl sites for hydroxylation is 1. The molecule has 2 aliphatic rings. The summed E-state index contributed by atoms with van der Waals surface area (Å²) in [5, 5.41) is 0. The Morgan fingerprint density at radius 2 is 1.71 bits per heavy atom. The fraction of sp³-hybridized carbons (Fsp3) is 0.476. The first kappa shape index (κ1) is 16.8. The van der Waals surface area contributed by atoms with Gasteiger partial charge in [0.25, 0.3) is 0 Å². The smallest absolute Gasteiger partial charge is 0.186 e. The molecule has 3 heteroatoms. The Morgan fingerprint density at radius 3 is 2.42 bits per heavy atom. The minimum atomic E-state index is -0.108. The number of Topliss-reactive ketones (excluding diaryl/α,β-unsaturated/α-hetero) is 1. The average molecular weight is 324 g/mol. The number of rotatable bonds is 3. The van der Waals surface area contributed by atoms with Crippen LogP contribution in [0.3, 0.4) is 0 Å². The van der Waals surface area contributed by atoms with Crippen LogP contribution in [0.15, 0.2) is 30.4 Å². The van der Waals surface area contributed by atoms with Crippen LogP contribution in [0, 0.1) is 17.3 Å². The van der Waals surface area contributed by atoms with Crippen LogP contribution >= 0.6 is 0 Å². The van der Waals surface area contributed by atoms with Gasteiger partial charge in [0.15, 0.2) is 11.6 Å². The summed E-state index contributed by atoms with van der Waals surface area (Å²) in [5.74, 6) is 0.737. The monoisotopic (exact) mass is 324 g/mol. The lowest BCUT2D eigenvalue weighted by Gasteiger charge is -2.44. The van der Waals surface area contributed by atoms with Crippen LogP contribution < -0.4 is 0 Å². The van der Waals surface area contributed by atoms with Crippen molar-refractivity contribution in [3.8, 4) is 0 Å². The summed E-state index contributed by atoms with van der Waals surface area (Å²) >= 11 is 0. The number of carbonyl (C=O) groups is 3. The SMILES string of the molecule is CC1CCC(=O)C(C)C1(C)CCc1ccc2c(c1)C(=O)C=CC2=O. The molecule has 0 amide bonds.